The molecule has 4 amide bonds. The van der Waals surface area contributed by atoms with Crippen molar-refractivity contribution in [3.05, 3.63) is 23.8 Å². The van der Waals surface area contributed by atoms with Crippen molar-refractivity contribution in [2.75, 3.05) is 39.2 Å². The van der Waals surface area contributed by atoms with Gasteiger partial charge in [0.25, 0.3) is 5.91 Å². The van der Waals surface area contributed by atoms with E-state index in [4.69, 9.17) is 9.47 Å². The van der Waals surface area contributed by atoms with E-state index < -0.39 is 0 Å². The molecule has 35 heavy (non-hydrogen) atoms. The Morgan fingerprint density at radius 2 is 1.89 bits per heavy atom. The normalized spacial score (nSPS) is 24.0. The fourth-order valence-corrected chi connectivity index (χ4v) is 4.48. The zero-order valence-corrected chi connectivity index (χ0v) is 21.8. The standard InChI is InChI=1S/C26H40N4O5/c1-16(2)27-26(33)28-20-10-11-22-21(12-20)25(32)29(5)14-23(34-6)17(3)13-30(18(4)15-35-22)24(31)19-8-7-9-19/h10-12,16-19,23H,7-9,13-15H2,1-6H3,(H2,27,28,33)/t17-,18-,23-/m1/s1. The number of anilines is 1. The molecule has 2 N–H and O–H groups in total. The van der Waals surface area contributed by atoms with Crippen LogP contribution < -0.4 is 15.4 Å². The summed E-state index contributed by atoms with van der Waals surface area (Å²) in [6, 6.07) is 4.50. The average molecular weight is 489 g/mol. The van der Waals surface area contributed by atoms with Crippen molar-refractivity contribution < 1.29 is 23.9 Å². The van der Waals surface area contributed by atoms with Crippen molar-refractivity contribution in [2.24, 2.45) is 11.8 Å². The third kappa shape index (κ3) is 6.66. The number of rotatable bonds is 4. The van der Waals surface area contributed by atoms with E-state index in [2.05, 4.69) is 17.6 Å². The van der Waals surface area contributed by atoms with Gasteiger partial charge in [-0.1, -0.05) is 13.3 Å². The zero-order valence-electron chi connectivity index (χ0n) is 21.8. The van der Waals surface area contributed by atoms with Crippen LogP contribution in [0.15, 0.2) is 18.2 Å². The highest BCUT2D eigenvalue weighted by Gasteiger charge is 2.35. The first-order valence-electron chi connectivity index (χ1n) is 12.5. The summed E-state index contributed by atoms with van der Waals surface area (Å²) in [5.41, 5.74) is 0.841. The molecule has 3 atom stereocenters. The molecular weight excluding hydrogens is 448 g/mol. The van der Waals surface area contributed by atoms with Gasteiger partial charge in [0.2, 0.25) is 5.91 Å². The van der Waals surface area contributed by atoms with Crippen LogP contribution in [0.4, 0.5) is 10.5 Å². The molecule has 3 rings (SSSR count). The number of carbonyl (C=O) groups excluding carboxylic acids is 3. The van der Waals surface area contributed by atoms with Gasteiger partial charge in [0.1, 0.15) is 12.4 Å². The number of nitrogens with one attached hydrogen (secondary N) is 2. The number of nitrogens with zero attached hydrogens (tertiary/aromatic N) is 2. The quantitative estimate of drug-likeness (QED) is 0.677. The summed E-state index contributed by atoms with van der Waals surface area (Å²) in [4.78, 5) is 42.4. The van der Waals surface area contributed by atoms with E-state index >= 15 is 0 Å². The molecule has 9 nitrogen and oxygen atoms in total. The van der Waals surface area contributed by atoms with Crippen LogP contribution in [-0.4, -0.2) is 79.7 Å². The molecule has 9 heteroatoms. The lowest BCUT2D eigenvalue weighted by molar-refractivity contribution is -0.142. The lowest BCUT2D eigenvalue weighted by Gasteiger charge is -2.39. The number of likely N-dealkylation sites (N-methyl/N-ethyl adjacent to an activating group) is 1. The minimum Gasteiger partial charge on any atom is -0.491 e. The molecule has 1 fully saturated rings. The van der Waals surface area contributed by atoms with Crippen LogP contribution in [0.2, 0.25) is 0 Å². The van der Waals surface area contributed by atoms with Crippen molar-refractivity contribution in [2.45, 2.75) is 65.1 Å². The maximum Gasteiger partial charge on any atom is 0.319 e. The van der Waals surface area contributed by atoms with E-state index in [-0.39, 0.29) is 54.5 Å². The van der Waals surface area contributed by atoms with Gasteiger partial charge >= 0.3 is 6.03 Å². The lowest BCUT2D eigenvalue weighted by Crippen LogP contribution is -2.51. The van der Waals surface area contributed by atoms with Gasteiger partial charge in [0, 0.05) is 50.8 Å². The molecule has 1 aromatic rings. The molecule has 1 saturated carbocycles. The minimum absolute atomic E-state index is 0.0181. The molecule has 0 radical (unpaired) electrons. The highest BCUT2D eigenvalue weighted by atomic mass is 16.5. The number of amides is 4. The predicted molar refractivity (Wildman–Crippen MR) is 135 cm³/mol. The number of ether oxygens (including phenoxy) is 2. The molecule has 0 spiro atoms. The number of fused-ring (bicyclic) bond motifs is 1. The van der Waals surface area contributed by atoms with Gasteiger partial charge in [-0.25, -0.2) is 4.79 Å². The maximum atomic E-state index is 13.4. The van der Waals surface area contributed by atoms with E-state index in [1.807, 2.05) is 25.7 Å². The van der Waals surface area contributed by atoms with Crippen LogP contribution >= 0.6 is 0 Å². The number of carbonyl (C=O) groups is 3. The van der Waals surface area contributed by atoms with Crippen LogP contribution in [-0.2, 0) is 9.53 Å². The van der Waals surface area contributed by atoms with Crippen LogP contribution in [0, 0.1) is 11.8 Å². The van der Waals surface area contributed by atoms with Crippen LogP contribution in [0.25, 0.3) is 0 Å². The minimum atomic E-state index is -0.345. The van der Waals surface area contributed by atoms with E-state index in [1.165, 1.54) is 0 Å². The highest BCUT2D eigenvalue weighted by molar-refractivity contribution is 5.99. The molecule has 194 valence electrons. The van der Waals surface area contributed by atoms with Crippen LogP contribution in [0.1, 0.15) is 57.3 Å². The Kier molecular flexibility index (Phi) is 8.99. The molecule has 2 aliphatic rings. The van der Waals surface area contributed by atoms with E-state index in [9.17, 15) is 14.4 Å². The van der Waals surface area contributed by atoms with E-state index in [0.29, 0.717) is 30.1 Å². The monoisotopic (exact) mass is 488 g/mol. The van der Waals surface area contributed by atoms with Gasteiger partial charge in [0.05, 0.1) is 17.7 Å². The Labute approximate surface area is 208 Å². The third-order valence-corrected chi connectivity index (χ3v) is 6.86. The Bertz CT molecular complexity index is 917. The van der Waals surface area contributed by atoms with Gasteiger partial charge in [-0.3, -0.25) is 9.59 Å². The molecule has 1 aromatic carbocycles. The first-order chi connectivity index (χ1) is 16.6. The van der Waals surface area contributed by atoms with Gasteiger partial charge in [-0.05, 0) is 51.8 Å². The molecule has 0 aromatic heterocycles. The predicted octanol–water partition coefficient (Wildman–Crippen LogP) is 3.35. The summed E-state index contributed by atoms with van der Waals surface area (Å²) in [6.45, 7) is 8.94. The lowest BCUT2D eigenvalue weighted by atomic mass is 9.83. The van der Waals surface area contributed by atoms with E-state index in [0.717, 1.165) is 19.3 Å². The highest BCUT2D eigenvalue weighted by Crippen LogP contribution is 2.31. The summed E-state index contributed by atoms with van der Waals surface area (Å²) in [7, 11) is 3.36. The zero-order chi connectivity index (χ0) is 25.7. The van der Waals surface area contributed by atoms with Gasteiger partial charge in [-0.15, -0.1) is 0 Å². The van der Waals surface area contributed by atoms with Crippen molar-refractivity contribution in [3.63, 3.8) is 0 Å². The first-order valence-corrected chi connectivity index (χ1v) is 12.5. The van der Waals surface area contributed by atoms with Crippen LogP contribution in [0.5, 0.6) is 5.75 Å². The van der Waals surface area contributed by atoms with Gasteiger partial charge in [-0.2, -0.15) is 0 Å². The van der Waals surface area contributed by atoms with Crippen molar-refractivity contribution in [3.8, 4) is 5.75 Å². The molecule has 1 heterocycles. The van der Waals surface area contributed by atoms with E-state index in [1.54, 1.807) is 37.3 Å². The first kappa shape index (κ1) is 26.8. The molecule has 1 aliphatic carbocycles. The maximum absolute atomic E-state index is 13.4. The van der Waals surface area contributed by atoms with Gasteiger partial charge < -0.3 is 29.9 Å². The third-order valence-electron chi connectivity index (χ3n) is 6.86. The molecule has 0 saturated heterocycles. The summed E-state index contributed by atoms with van der Waals surface area (Å²) in [5, 5.41) is 5.55. The Morgan fingerprint density at radius 3 is 2.49 bits per heavy atom. The smallest absolute Gasteiger partial charge is 0.319 e. The largest absolute Gasteiger partial charge is 0.491 e. The number of benzene rings is 1. The second-order valence-corrected chi connectivity index (χ2v) is 10.2. The molecular formula is C26H40N4O5. The molecule has 0 unspecified atom stereocenters. The van der Waals surface area contributed by atoms with Gasteiger partial charge in [0.15, 0.2) is 0 Å². The van der Waals surface area contributed by atoms with Crippen molar-refractivity contribution in [1.29, 1.82) is 0 Å². The molecule has 0 bridgehead atoms. The number of methoxy groups -OCH3 is 1. The Morgan fingerprint density at radius 1 is 1.17 bits per heavy atom. The average Bonchev–Trinajstić information content (AvgIpc) is 2.76. The second-order valence-electron chi connectivity index (χ2n) is 10.2. The summed E-state index contributed by atoms with van der Waals surface area (Å²) >= 11 is 0. The second kappa shape index (κ2) is 11.7. The summed E-state index contributed by atoms with van der Waals surface area (Å²) < 4.78 is 11.9. The van der Waals surface area contributed by atoms with Crippen molar-refractivity contribution >= 4 is 23.5 Å². The number of hydrogen-bond acceptors (Lipinski definition) is 5. The SMILES string of the molecule is CO[C@@H]1CN(C)C(=O)c2cc(NC(=O)NC(C)C)ccc2OC[C@@H](C)N(C(=O)C2CCC2)C[C@H]1C. The summed E-state index contributed by atoms with van der Waals surface area (Å²) in [5.74, 6) is 0.473. The number of hydrogen-bond donors (Lipinski definition) is 2. The molecule has 1 aliphatic heterocycles. The fourth-order valence-electron chi connectivity index (χ4n) is 4.48. The number of urea groups is 1. The summed E-state index contributed by atoms with van der Waals surface area (Å²) in [6.07, 6.45) is 2.72. The fraction of sp³-hybridized carbons (Fsp3) is 0.654. The Balaban J connectivity index is 1.91. The van der Waals surface area contributed by atoms with Crippen molar-refractivity contribution in [1.82, 2.24) is 15.1 Å². The topological polar surface area (TPSA) is 100 Å². The Hall–Kier alpha value is -2.81. The van der Waals surface area contributed by atoms with Crippen LogP contribution in [0.3, 0.4) is 0 Å².